The highest BCUT2D eigenvalue weighted by Gasteiger charge is 1.93. The molecule has 122 valence electrons. The van der Waals surface area contributed by atoms with Crippen molar-refractivity contribution in [2.24, 2.45) is 0 Å². The predicted molar refractivity (Wildman–Crippen MR) is 97.8 cm³/mol. The van der Waals surface area contributed by atoms with Gasteiger partial charge in [-0.05, 0) is 36.4 Å². The van der Waals surface area contributed by atoms with Crippen molar-refractivity contribution in [2.75, 3.05) is 38.3 Å². The van der Waals surface area contributed by atoms with Gasteiger partial charge in [-0.2, -0.15) is 0 Å². The van der Waals surface area contributed by atoms with E-state index in [1.807, 2.05) is 54.6 Å². The molecular formula is C21H21NO2. The molecule has 0 bridgehead atoms. The molecule has 0 aliphatic rings. The van der Waals surface area contributed by atoms with Crippen LogP contribution in [0.2, 0.25) is 0 Å². The summed E-state index contributed by atoms with van der Waals surface area (Å²) in [4.78, 5) is 0. The average Bonchev–Trinajstić information content (AvgIpc) is 2.64. The van der Waals surface area contributed by atoms with E-state index in [2.05, 4.69) is 23.1 Å². The lowest BCUT2D eigenvalue weighted by Gasteiger charge is -2.07. The molecule has 0 saturated carbocycles. The Bertz CT molecular complexity index is 691. The summed E-state index contributed by atoms with van der Waals surface area (Å²) < 4.78 is 10.6. The SMILES string of the molecule is C#CCOCCOCCNc1ccc(C#Cc2ccccc2)cc1. The van der Waals surface area contributed by atoms with Gasteiger partial charge in [0.1, 0.15) is 6.61 Å². The third kappa shape index (κ3) is 7.03. The van der Waals surface area contributed by atoms with Crippen LogP contribution in [0.15, 0.2) is 54.6 Å². The largest absolute Gasteiger partial charge is 0.383 e. The van der Waals surface area contributed by atoms with Gasteiger partial charge in [0.25, 0.3) is 0 Å². The molecule has 3 heteroatoms. The van der Waals surface area contributed by atoms with Gasteiger partial charge in [-0.1, -0.05) is 36.0 Å². The van der Waals surface area contributed by atoms with E-state index in [4.69, 9.17) is 15.9 Å². The highest BCUT2D eigenvalue weighted by atomic mass is 16.5. The van der Waals surface area contributed by atoms with Crippen LogP contribution in [0.3, 0.4) is 0 Å². The van der Waals surface area contributed by atoms with Gasteiger partial charge in [0, 0.05) is 23.4 Å². The minimum absolute atomic E-state index is 0.334. The van der Waals surface area contributed by atoms with Crippen LogP contribution < -0.4 is 5.32 Å². The van der Waals surface area contributed by atoms with Crippen LogP contribution in [0.4, 0.5) is 5.69 Å². The number of hydrogen-bond donors (Lipinski definition) is 1. The van der Waals surface area contributed by atoms with Crippen molar-refractivity contribution in [3.05, 3.63) is 65.7 Å². The molecule has 2 aromatic rings. The molecule has 0 saturated heterocycles. The highest BCUT2D eigenvalue weighted by Crippen LogP contribution is 2.08. The van der Waals surface area contributed by atoms with Gasteiger partial charge in [0.2, 0.25) is 0 Å². The molecule has 0 aliphatic heterocycles. The molecular weight excluding hydrogens is 298 g/mol. The van der Waals surface area contributed by atoms with Crippen molar-refractivity contribution >= 4 is 5.69 Å². The van der Waals surface area contributed by atoms with E-state index in [0.29, 0.717) is 26.4 Å². The van der Waals surface area contributed by atoms with E-state index in [9.17, 15) is 0 Å². The lowest BCUT2D eigenvalue weighted by Crippen LogP contribution is -2.12. The van der Waals surface area contributed by atoms with Crippen molar-refractivity contribution < 1.29 is 9.47 Å². The fourth-order valence-corrected chi connectivity index (χ4v) is 1.96. The molecule has 0 aromatic heterocycles. The molecule has 2 rings (SSSR count). The smallest absolute Gasteiger partial charge is 0.107 e. The van der Waals surface area contributed by atoms with Gasteiger partial charge in [-0.3, -0.25) is 0 Å². The first kappa shape index (κ1) is 17.6. The van der Waals surface area contributed by atoms with Gasteiger partial charge >= 0.3 is 0 Å². The maximum Gasteiger partial charge on any atom is 0.107 e. The topological polar surface area (TPSA) is 30.5 Å². The molecule has 0 heterocycles. The van der Waals surface area contributed by atoms with Crippen LogP contribution in [0.25, 0.3) is 0 Å². The summed E-state index contributed by atoms with van der Waals surface area (Å²) in [5.41, 5.74) is 3.06. The van der Waals surface area contributed by atoms with E-state index >= 15 is 0 Å². The van der Waals surface area contributed by atoms with Crippen LogP contribution in [-0.4, -0.2) is 33.0 Å². The molecule has 0 spiro atoms. The van der Waals surface area contributed by atoms with Crippen molar-refractivity contribution in [1.82, 2.24) is 0 Å². The van der Waals surface area contributed by atoms with Crippen molar-refractivity contribution in [3.8, 4) is 24.2 Å². The monoisotopic (exact) mass is 319 g/mol. The lowest BCUT2D eigenvalue weighted by atomic mass is 10.1. The first-order chi connectivity index (χ1) is 11.9. The minimum Gasteiger partial charge on any atom is -0.383 e. The summed E-state index contributed by atoms with van der Waals surface area (Å²) in [7, 11) is 0. The van der Waals surface area contributed by atoms with Crippen LogP contribution in [0.5, 0.6) is 0 Å². The number of rotatable bonds is 8. The fraction of sp³-hybridized carbons (Fsp3) is 0.238. The molecule has 24 heavy (non-hydrogen) atoms. The molecule has 1 N–H and O–H groups in total. The Morgan fingerprint density at radius 2 is 1.46 bits per heavy atom. The van der Waals surface area contributed by atoms with Crippen LogP contribution >= 0.6 is 0 Å². The second-order valence-corrected chi connectivity index (χ2v) is 4.99. The van der Waals surface area contributed by atoms with E-state index < -0.39 is 0 Å². The quantitative estimate of drug-likeness (QED) is 0.599. The lowest BCUT2D eigenvalue weighted by molar-refractivity contribution is 0.0647. The van der Waals surface area contributed by atoms with Gasteiger partial charge in [0.15, 0.2) is 0 Å². The molecule has 3 nitrogen and oxygen atoms in total. The van der Waals surface area contributed by atoms with E-state index in [1.54, 1.807) is 0 Å². The number of hydrogen-bond acceptors (Lipinski definition) is 3. The second-order valence-electron chi connectivity index (χ2n) is 4.99. The van der Waals surface area contributed by atoms with Gasteiger partial charge in [0.05, 0.1) is 19.8 Å². The predicted octanol–water partition coefficient (Wildman–Crippen LogP) is 3.16. The molecule has 0 radical (unpaired) electrons. The molecule has 0 fully saturated rings. The Morgan fingerprint density at radius 1 is 0.792 bits per heavy atom. The molecule has 0 atom stereocenters. The maximum atomic E-state index is 5.43. The average molecular weight is 319 g/mol. The van der Waals surface area contributed by atoms with E-state index in [-0.39, 0.29) is 0 Å². The second kappa shape index (κ2) is 10.9. The number of ether oxygens (including phenoxy) is 2. The summed E-state index contributed by atoms with van der Waals surface area (Å²) in [5.74, 6) is 8.72. The normalized spacial score (nSPS) is 9.62. The van der Waals surface area contributed by atoms with Crippen molar-refractivity contribution in [2.45, 2.75) is 0 Å². The summed E-state index contributed by atoms with van der Waals surface area (Å²) in [6.07, 6.45) is 5.08. The molecule has 0 aliphatic carbocycles. The van der Waals surface area contributed by atoms with Crippen LogP contribution in [0, 0.1) is 24.2 Å². The first-order valence-corrected chi connectivity index (χ1v) is 7.88. The van der Waals surface area contributed by atoms with E-state index in [1.165, 1.54) is 0 Å². The zero-order chi connectivity index (χ0) is 16.9. The van der Waals surface area contributed by atoms with Crippen LogP contribution in [-0.2, 0) is 9.47 Å². The molecule has 0 amide bonds. The Labute approximate surface area is 144 Å². The highest BCUT2D eigenvalue weighted by molar-refractivity contribution is 5.50. The van der Waals surface area contributed by atoms with Crippen molar-refractivity contribution in [3.63, 3.8) is 0 Å². The van der Waals surface area contributed by atoms with Crippen molar-refractivity contribution in [1.29, 1.82) is 0 Å². The Kier molecular flexibility index (Phi) is 8.02. The number of nitrogens with one attached hydrogen (secondary N) is 1. The third-order valence-electron chi connectivity index (χ3n) is 3.14. The van der Waals surface area contributed by atoms with Gasteiger partial charge < -0.3 is 14.8 Å². The minimum atomic E-state index is 0.334. The number of benzene rings is 2. The fourth-order valence-electron chi connectivity index (χ4n) is 1.96. The Hall–Kier alpha value is -2.72. The summed E-state index contributed by atoms with van der Waals surface area (Å²) in [6.45, 7) is 2.77. The van der Waals surface area contributed by atoms with Gasteiger partial charge in [-0.25, -0.2) is 0 Å². The molecule has 2 aromatic carbocycles. The summed E-state index contributed by atoms with van der Waals surface area (Å²) in [6, 6.07) is 18.0. The summed E-state index contributed by atoms with van der Waals surface area (Å²) in [5, 5.41) is 3.30. The zero-order valence-corrected chi connectivity index (χ0v) is 13.6. The zero-order valence-electron chi connectivity index (χ0n) is 13.6. The maximum absolute atomic E-state index is 5.43. The first-order valence-electron chi connectivity index (χ1n) is 7.88. The van der Waals surface area contributed by atoms with E-state index in [0.717, 1.165) is 23.4 Å². The third-order valence-corrected chi connectivity index (χ3v) is 3.14. The summed E-state index contributed by atoms with van der Waals surface area (Å²) >= 11 is 0. The number of anilines is 1. The standard InChI is InChI=1S/C21H21NO2/c1-2-15-23-17-18-24-16-14-22-21-12-10-20(11-13-21)9-8-19-6-4-3-5-7-19/h1,3-7,10-13,22H,14-18H2. The Balaban J connectivity index is 1.67. The molecule has 0 unspecified atom stereocenters. The van der Waals surface area contributed by atoms with Gasteiger partial charge in [-0.15, -0.1) is 6.42 Å². The van der Waals surface area contributed by atoms with Crippen LogP contribution in [0.1, 0.15) is 11.1 Å². The number of terminal acetylenes is 1. The Morgan fingerprint density at radius 3 is 2.17 bits per heavy atom.